The van der Waals surface area contributed by atoms with E-state index in [2.05, 4.69) is 27.3 Å². The van der Waals surface area contributed by atoms with E-state index >= 15 is 0 Å². The minimum absolute atomic E-state index is 0.100. The van der Waals surface area contributed by atoms with Gasteiger partial charge < -0.3 is 5.32 Å². The van der Waals surface area contributed by atoms with Crippen molar-refractivity contribution in [1.29, 1.82) is 0 Å². The van der Waals surface area contributed by atoms with Gasteiger partial charge in [-0.05, 0) is 35.2 Å². The maximum atomic E-state index is 13.5. The van der Waals surface area contributed by atoms with E-state index in [1.807, 2.05) is 6.08 Å². The Labute approximate surface area is 112 Å². The van der Waals surface area contributed by atoms with E-state index in [1.54, 1.807) is 0 Å². The first-order chi connectivity index (χ1) is 8.58. The van der Waals surface area contributed by atoms with E-state index in [1.165, 1.54) is 12.1 Å². The van der Waals surface area contributed by atoms with Gasteiger partial charge in [-0.3, -0.25) is 10.1 Å². The summed E-state index contributed by atoms with van der Waals surface area (Å²) >= 11 is 2.96. The van der Waals surface area contributed by atoms with E-state index in [0.717, 1.165) is 19.3 Å². The van der Waals surface area contributed by atoms with E-state index < -0.39 is 10.7 Å². The van der Waals surface area contributed by atoms with E-state index in [4.69, 9.17) is 0 Å². The van der Waals surface area contributed by atoms with E-state index in [0.29, 0.717) is 0 Å². The van der Waals surface area contributed by atoms with Crippen molar-refractivity contribution >= 4 is 27.3 Å². The predicted molar refractivity (Wildman–Crippen MR) is 71.2 cm³/mol. The first-order valence-corrected chi connectivity index (χ1v) is 6.42. The zero-order valence-corrected chi connectivity index (χ0v) is 11.1. The molecular formula is C12H12BrFN2O2. The molecule has 1 unspecified atom stereocenters. The smallest absolute Gasteiger partial charge is 0.293 e. The van der Waals surface area contributed by atoms with Crippen molar-refractivity contribution in [2.75, 3.05) is 5.32 Å². The average molecular weight is 315 g/mol. The monoisotopic (exact) mass is 314 g/mol. The number of halogens is 2. The molecule has 1 atom stereocenters. The third-order valence-corrected chi connectivity index (χ3v) is 3.47. The number of nitro groups is 1. The number of nitro benzene ring substituents is 1. The molecule has 0 spiro atoms. The van der Waals surface area contributed by atoms with Gasteiger partial charge in [0, 0.05) is 18.2 Å². The highest BCUT2D eigenvalue weighted by molar-refractivity contribution is 9.10. The SMILES string of the molecule is O=[N+]([O-])c1cc(Br)c(F)cc1NC1CC=CCC1. The molecule has 0 radical (unpaired) electrons. The highest BCUT2D eigenvalue weighted by Crippen LogP contribution is 2.32. The first-order valence-electron chi connectivity index (χ1n) is 5.63. The summed E-state index contributed by atoms with van der Waals surface area (Å²) < 4.78 is 13.6. The normalized spacial score (nSPS) is 18.7. The minimum atomic E-state index is -0.509. The molecule has 96 valence electrons. The van der Waals surface area contributed by atoms with Crippen LogP contribution in [0, 0.1) is 15.9 Å². The Morgan fingerprint density at radius 3 is 2.83 bits per heavy atom. The zero-order chi connectivity index (χ0) is 13.1. The second-order valence-electron chi connectivity index (χ2n) is 4.17. The number of anilines is 1. The summed E-state index contributed by atoms with van der Waals surface area (Å²) in [5.41, 5.74) is 0.124. The molecule has 0 heterocycles. The standard InChI is InChI=1S/C12H12BrFN2O2/c13-9-6-12(16(17)18)11(7-10(9)14)15-8-4-2-1-3-5-8/h1-2,6-8,15H,3-5H2. The fourth-order valence-corrected chi connectivity index (χ4v) is 2.28. The van der Waals surface area contributed by atoms with Crippen LogP contribution in [0.2, 0.25) is 0 Å². The molecule has 2 rings (SSSR count). The van der Waals surface area contributed by atoms with Crippen LogP contribution in [-0.4, -0.2) is 11.0 Å². The Morgan fingerprint density at radius 2 is 2.22 bits per heavy atom. The lowest BCUT2D eigenvalue weighted by atomic mass is 10.0. The van der Waals surface area contributed by atoms with Gasteiger partial charge in [-0.25, -0.2) is 4.39 Å². The molecule has 1 aromatic rings. The maximum Gasteiger partial charge on any atom is 0.293 e. The van der Waals surface area contributed by atoms with Gasteiger partial charge in [-0.1, -0.05) is 12.2 Å². The molecule has 6 heteroatoms. The van der Waals surface area contributed by atoms with Gasteiger partial charge in [0.2, 0.25) is 0 Å². The molecular weight excluding hydrogens is 303 g/mol. The molecule has 4 nitrogen and oxygen atoms in total. The summed E-state index contributed by atoms with van der Waals surface area (Å²) in [7, 11) is 0. The van der Waals surface area contributed by atoms with Crippen molar-refractivity contribution in [1.82, 2.24) is 0 Å². The maximum absolute atomic E-state index is 13.5. The molecule has 0 amide bonds. The van der Waals surface area contributed by atoms with Gasteiger partial charge in [0.15, 0.2) is 0 Å². The van der Waals surface area contributed by atoms with Crippen LogP contribution >= 0.6 is 15.9 Å². The lowest BCUT2D eigenvalue weighted by molar-refractivity contribution is -0.384. The summed E-state index contributed by atoms with van der Waals surface area (Å²) in [6.45, 7) is 0. The molecule has 0 saturated carbocycles. The van der Waals surface area contributed by atoms with Crippen molar-refractivity contribution in [2.45, 2.75) is 25.3 Å². The van der Waals surface area contributed by atoms with Crippen LogP contribution in [-0.2, 0) is 0 Å². The Kier molecular flexibility index (Phi) is 3.96. The summed E-state index contributed by atoms with van der Waals surface area (Å²) in [4.78, 5) is 10.4. The Morgan fingerprint density at radius 1 is 1.44 bits per heavy atom. The summed E-state index contributed by atoms with van der Waals surface area (Å²) in [6, 6.07) is 2.48. The minimum Gasteiger partial charge on any atom is -0.376 e. The lowest BCUT2D eigenvalue weighted by Crippen LogP contribution is -2.21. The van der Waals surface area contributed by atoms with Gasteiger partial charge in [0.1, 0.15) is 11.5 Å². The van der Waals surface area contributed by atoms with Gasteiger partial charge in [-0.2, -0.15) is 0 Å². The molecule has 1 aromatic carbocycles. The molecule has 1 N–H and O–H groups in total. The molecule has 0 aromatic heterocycles. The Hall–Kier alpha value is -1.43. The zero-order valence-electron chi connectivity index (χ0n) is 9.53. The topological polar surface area (TPSA) is 55.2 Å². The fourth-order valence-electron chi connectivity index (χ4n) is 1.95. The van der Waals surface area contributed by atoms with Crippen LogP contribution in [0.4, 0.5) is 15.8 Å². The van der Waals surface area contributed by atoms with E-state index in [-0.39, 0.29) is 21.9 Å². The first kappa shape index (κ1) is 13.0. The van der Waals surface area contributed by atoms with Gasteiger partial charge in [0.05, 0.1) is 9.40 Å². The van der Waals surface area contributed by atoms with Gasteiger partial charge in [0.25, 0.3) is 5.69 Å². The molecule has 0 fully saturated rings. The molecule has 18 heavy (non-hydrogen) atoms. The highest BCUT2D eigenvalue weighted by Gasteiger charge is 2.20. The van der Waals surface area contributed by atoms with Gasteiger partial charge in [-0.15, -0.1) is 0 Å². The van der Waals surface area contributed by atoms with Crippen molar-refractivity contribution in [3.05, 3.63) is 44.7 Å². The quantitative estimate of drug-likeness (QED) is 0.521. The van der Waals surface area contributed by atoms with Crippen LogP contribution in [0.25, 0.3) is 0 Å². The van der Waals surface area contributed by atoms with Gasteiger partial charge >= 0.3 is 0 Å². The van der Waals surface area contributed by atoms with Crippen LogP contribution < -0.4 is 5.32 Å². The van der Waals surface area contributed by atoms with Crippen molar-refractivity contribution in [3.63, 3.8) is 0 Å². The van der Waals surface area contributed by atoms with Crippen molar-refractivity contribution in [2.24, 2.45) is 0 Å². The number of nitrogens with one attached hydrogen (secondary N) is 1. The molecule has 0 aliphatic heterocycles. The molecule has 1 aliphatic carbocycles. The Bertz CT molecular complexity index is 505. The van der Waals surface area contributed by atoms with Crippen LogP contribution in [0.5, 0.6) is 0 Å². The molecule has 0 saturated heterocycles. The number of benzene rings is 1. The second kappa shape index (κ2) is 5.48. The number of allylic oxidation sites excluding steroid dienone is 1. The predicted octanol–water partition coefficient (Wildman–Crippen LogP) is 4.02. The fraction of sp³-hybridized carbons (Fsp3) is 0.333. The van der Waals surface area contributed by atoms with Crippen LogP contribution in [0.15, 0.2) is 28.8 Å². The number of rotatable bonds is 3. The highest BCUT2D eigenvalue weighted by atomic mass is 79.9. The number of nitrogens with zero attached hydrogens (tertiary/aromatic N) is 1. The largest absolute Gasteiger partial charge is 0.376 e. The third-order valence-electron chi connectivity index (χ3n) is 2.86. The lowest BCUT2D eigenvalue weighted by Gasteiger charge is -2.20. The van der Waals surface area contributed by atoms with Crippen molar-refractivity contribution in [3.8, 4) is 0 Å². The van der Waals surface area contributed by atoms with E-state index in [9.17, 15) is 14.5 Å². The average Bonchev–Trinajstić information content (AvgIpc) is 2.34. The summed E-state index contributed by atoms with van der Waals surface area (Å²) in [6.07, 6.45) is 6.74. The second-order valence-corrected chi connectivity index (χ2v) is 5.02. The van der Waals surface area contributed by atoms with Crippen LogP contribution in [0.1, 0.15) is 19.3 Å². The number of hydrogen-bond acceptors (Lipinski definition) is 3. The van der Waals surface area contributed by atoms with Crippen molar-refractivity contribution < 1.29 is 9.31 Å². The third kappa shape index (κ3) is 2.87. The summed E-state index contributed by atoms with van der Waals surface area (Å²) in [5, 5.41) is 14.0. The Balaban J connectivity index is 2.27. The summed E-state index contributed by atoms with van der Waals surface area (Å²) in [5.74, 6) is -0.505. The van der Waals surface area contributed by atoms with Crippen LogP contribution in [0.3, 0.4) is 0 Å². The molecule has 1 aliphatic rings. The number of hydrogen-bond donors (Lipinski definition) is 1. The molecule has 0 bridgehead atoms.